The maximum absolute atomic E-state index is 13.7. The molecule has 0 bridgehead atoms. The van der Waals surface area contributed by atoms with Gasteiger partial charge in [-0.2, -0.15) is 0 Å². The number of carbonyl (C=O) groups is 3. The van der Waals surface area contributed by atoms with E-state index in [-0.39, 0.29) is 17.3 Å². The van der Waals surface area contributed by atoms with Gasteiger partial charge in [-0.05, 0) is 36.8 Å². The van der Waals surface area contributed by atoms with Crippen LogP contribution in [0.15, 0.2) is 72.8 Å². The summed E-state index contributed by atoms with van der Waals surface area (Å²) in [6.45, 7) is 1.04. The van der Waals surface area contributed by atoms with Gasteiger partial charge in [-0.3, -0.25) is 9.59 Å². The first-order valence-corrected chi connectivity index (χ1v) is 9.72. The fourth-order valence-electron chi connectivity index (χ4n) is 2.97. The molecule has 0 heterocycles. The molecule has 8 heteroatoms. The largest absolute Gasteiger partial charge is 0.452 e. The molecule has 6 nitrogen and oxygen atoms in total. The van der Waals surface area contributed by atoms with E-state index in [2.05, 4.69) is 10.6 Å². The Morgan fingerprint density at radius 2 is 1.50 bits per heavy atom. The molecule has 1 atom stereocenters. The predicted molar refractivity (Wildman–Crippen MR) is 114 cm³/mol. The Kier molecular flexibility index (Phi) is 7.28. The molecule has 0 aliphatic carbocycles. The van der Waals surface area contributed by atoms with E-state index in [4.69, 9.17) is 4.74 Å². The van der Waals surface area contributed by atoms with Gasteiger partial charge in [0.15, 0.2) is 6.61 Å². The predicted octanol–water partition coefficient (Wildman–Crippen LogP) is 4.25. The zero-order valence-corrected chi connectivity index (χ0v) is 17.1. The van der Waals surface area contributed by atoms with Crippen molar-refractivity contribution in [1.29, 1.82) is 0 Å². The lowest BCUT2D eigenvalue weighted by Gasteiger charge is -2.16. The summed E-state index contributed by atoms with van der Waals surface area (Å²) in [5.41, 5.74) is 0.433. The molecule has 1 unspecified atom stereocenters. The molecule has 3 aromatic rings. The van der Waals surface area contributed by atoms with Crippen LogP contribution >= 0.6 is 0 Å². The van der Waals surface area contributed by atoms with Gasteiger partial charge in [-0.25, -0.2) is 13.6 Å². The number of carbonyl (C=O) groups excluding carboxylic acids is 3. The number of hydrogen-bond acceptors (Lipinski definition) is 4. The molecular formula is C24H20F2N2O4. The molecule has 164 valence electrons. The number of benzene rings is 3. The maximum atomic E-state index is 13.7. The average molecular weight is 438 g/mol. The summed E-state index contributed by atoms with van der Waals surface area (Å²) < 4.78 is 32.0. The molecule has 2 N–H and O–H groups in total. The first-order chi connectivity index (χ1) is 15.4. The summed E-state index contributed by atoms with van der Waals surface area (Å²) in [6.07, 6.45) is 0. The standard InChI is InChI=1S/C24H20F2N2O4/c1-15(16-8-3-2-4-9-16)27-23(30)17-10-5-6-13-20(17)28-21(29)14-32-24(31)22-18(25)11-7-12-19(22)26/h2-13,15H,14H2,1H3,(H,27,30)(H,28,29). The van der Waals surface area contributed by atoms with Gasteiger partial charge in [0.25, 0.3) is 11.8 Å². The van der Waals surface area contributed by atoms with Gasteiger partial charge < -0.3 is 15.4 Å². The summed E-state index contributed by atoms with van der Waals surface area (Å²) in [5, 5.41) is 5.33. The molecule has 0 saturated heterocycles. The number of ether oxygens (including phenoxy) is 1. The SMILES string of the molecule is CC(NC(=O)c1ccccc1NC(=O)COC(=O)c1c(F)cccc1F)c1ccccc1. The minimum atomic E-state index is -1.31. The quantitative estimate of drug-likeness (QED) is 0.540. The van der Waals surface area contributed by atoms with E-state index >= 15 is 0 Å². The first-order valence-electron chi connectivity index (χ1n) is 9.72. The summed E-state index contributed by atoms with van der Waals surface area (Å²) in [6, 6.07) is 18.3. The topological polar surface area (TPSA) is 84.5 Å². The molecule has 32 heavy (non-hydrogen) atoms. The van der Waals surface area contributed by atoms with E-state index in [0.29, 0.717) is 0 Å². The molecular weight excluding hydrogens is 418 g/mol. The maximum Gasteiger partial charge on any atom is 0.344 e. The van der Waals surface area contributed by atoms with E-state index < -0.39 is 41.6 Å². The lowest BCUT2D eigenvalue weighted by Crippen LogP contribution is -2.28. The Bertz CT molecular complexity index is 1120. The monoisotopic (exact) mass is 438 g/mol. The van der Waals surface area contributed by atoms with Gasteiger partial charge in [-0.15, -0.1) is 0 Å². The minimum Gasteiger partial charge on any atom is -0.452 e. The molecule has 0 fully saturated rings. The number of anilines is 1. The van der Waals surface area contributed by atoms with Crippen LogP contribution in [0.25, 0.3) is 0 Å². The highest BCUT2D eigenvalue weighted by molar-refractivity contribution is 6.04. The highest BCUT2D eigenvalue weighted by atomic mass is 19.1. The molecule has 3 aromatic carbocycles. The number of para-hydroxylation sites is 1. The minimum absolute atomic E-state index is 0.198. The number of amides is 2. The highest BCUT2D eigenvalue weighted by Crippen LogP contribution is 2.18. The van der Waals surface area contributed by atoms with Gasteiger partial charge in [0, 0.05) is 0 Å². The van der Waals surface area contributed by atoms with Crippen molar-refractivity contribution in [2.24, 2.45) is 0 Å². The zero-order valence-electron chi connectivity index (χ0n) is 17.1. The molecule has 0 aromatic heterocycles. The van der Waals surface area contributed by atoms with Crippen molar-refractivity contribution < 1.29 is 27.9 Å². The van der Waals surface area contributed by atoms with Crippen molar-refractivity contribution in [2.45, 2.75) is 13.0 Å². The normalized spacial score (nSPS) is 11.3. The van der Waals surface area contributed by atoms with Crippen LogP contribution in [-0.2, 0) is 9.53 Å². The molecule has 0 aliphatic rings. The smallest absolute Gasteiger partial charge is 0.344 e. The third-order valence-electron chi connectivity index (χ3n) is 4.59. The van der Waals surface area contributed by atoms with E-state index in [1.807, 2.05) is 37.3 Å². The fourth-order valence-corrected chi connectivity index (χ4v) is 2.97. The third kappa shape index (κ3) is 5.54. The Balaban J connectivity index is 1.63. The van der Waals surface area contributed by atoms with Crippen molar-refractivity contribution in [1.82, 2.24) is 5.32 Å². The van der Waals surface area contributed by atoms with Crippen molar-refractivity contribution in [3.8, 4) is 0 Å². The number of halogens is 2. The van der Waals surface area contributed by atoms with Gasteiger partial charge in [-0.1, -0.05) is 48.5 Å². The van der Waals surface area contributed by atoms with Crippen molar-refractivity contribution in [3.05, 3.63) is 101 Å². The highest BCUT2D eigenvalue weighted by Gasteiger charge is 2.20. The molecule has 0 aliphatic heterocycles. The van der Waals surface area contributed by atoms with E-state index in [1.165, 1.54) is 12.1 Å². The summed E-state index contributed by atoms with van der Waals surface area (Å²) in [5.74, 6) is -4.68. The van der Waals surface area contributed by atoms with Crippen LogP contribution in [-0.4, -0.2) is 24.4 Å². The van der Waals surface area contributed by atoms with E-state index in [9.17, 15) is 23.2 Å². The van der Waals surface area contributed by atoms with Crippen LogP contribution < -0.4 is 10.6 Å². The number of rotatable bonds is 7. The van der Waals surface area contributed by atoms with Crippen LogP contribution in [0, 0.1) is 11.6 Å². The Morgan fingerprint density at radius 3 is 2.19 bits per heavy atom. The Labute approximate surface area is 183 Å². The van der Waals surface area contributed by atoms with Crippen LogP contribution in [0.5, 0.6) is 0 Å². The van der Waals surface area contributed by atoms with Crippen LogP contribution in [0.4, 0.5) is 14.5 Å². The summed E-state index contributed by atoms with van der Waals surface area (Å²) in [4.78, 5) is 36.9. The number of hydrogen-bond donors (Lipinski definition) is 2. The first kappa shape index (κ1) is 22.6. The molecule has 2 amide bonds. The lowest BCUT2D eigenvalue weighted by molar-refractivity contribution is -0.119. The Morgan fingerprint density at radius 1 is 0.875 bits per heavy atom. The number of esters is 1. The van der Waals surface area contributed by atoms with Gasteiger partial charge in [0.2, 0.25) is 0 Å². The molecule has 0 radical (unpaired) electrons. The van der Waals surface area contributed by atoms with Crippen molar-refractivity contribution in [2.75, 3.05) is 11.9 Å². The summed E-state index contributed by atoms with van der Waals surface area (Å²) >= 11 is 0. The lowest BCUT2D eigenvalue weighted by atomic mass is 10.1. The average Bonchev–Trinajstić information content (AvgIpc) is 2.78. The summed E-state index contributed by atoms with van der Waals surface area (Å²) in [7, 11) is 0. The van der Waals surface area contributed by atoms with E-state index in [0.717, 1.165) is 23.8 Å². The van der Waals surface area contributed by atoms with Gasteiger partial charge in [0.1, 0.15) is 17.2 Å². The van der Waals surface area contributed by atoms with Crippen LogP contribution in [0.2, 0.25) is 0 Å². The van der Waals surface area contributed by atoms with Crippen molar-refractivity contribution >= 4 is 23.5 Å². The van der Waals surface area contributed by atoms with E-state index in [1.54, 1.807) is 12.1 Å². The third-order valence-corrected chi connectivity index (χ3v) is 4.59. The molecule has 0 spiro atoms. The second-order valence-corrected chi connectivity index (χ2v) is 6.87. The molecule has 3 rings (SSSR count). The second kappa shape index (κ2) is 10.3. The van der Waals surface area contributed by atoms with Crippen LogP contribution in [0.3, 0.4) is 0 Å². The number of nitrogens with one attached hydrogen (secondary N) is 2. The fraction of sp³-hybridized carbons (Fsp3) is 0.125. The Hall–Kier alpha value is -4.07. The van der Waals surface area contributed by atoms with Crippen LogP contribution in [0.1, 0.15) is 39.2 Å². The van der Waals surface area contributed by atoms with Gasteiger partial charge in [0.05, 0.1) is 17.3 Å². The van der Waals surface area contributed by atoms with Gasteiger partial charge >= 0.3 is 5.97 Å². The zero-order chi connectivity index (χ0) is 23.1. The van der Waals surface area contributed by atoms with Crippen molar-refractivity contribution in [3.63, 3.8) is 0 Å². The second-order valence-electron chi connectivity index (χ2n) is 6.87. The molecule has 0 saturated carbocycles.